The van der Waals surface area contributed by atoms with Crippen molar-refractivity contribution in [3.63, 3.8) is 0 Å². The van der Waals surface area contributed by atoms with Crippen molar-refractivity contribution in [2.45, 2.75) is 20.4 Å². The van der Waals surface area contributed by atoms with Crippen LogP contribution in [0.1, 0.15) is 26.6 Å². The summed E-state index contributed by atoms with van der Waals surface area (Å²) in [5.74, 6) is -0.413. The molecule has 2 heterocycles. The molecule has 0 aliphatic carbocycles. The van der Waals surface area contributed by atoms with Crippen LogP contribution in [0.4, 0.5) is 4.39 Å². The first kappa shape index (κ1) is 17.6. The van der Waals surface area contributed by atoms with Crippen LogP contribution < -0.4 is 0 Å². The van der Waals surface area contributed by atoms with E-state index < -0.39 is 0 Å². The largest absolute Gasteiger partial charge is 0.336 e. The molecule has 130 valence electrons. The molecule has 0 unspecified atom stereocenters. The van der Waals surface area contributed by atoms with E-state index in [0.29, 0.717) is 27.8 Å². The van der Waals surface area contributed by atoms with Crippen LogP contribution >= 0.6 is 22.9 Å². The van der Waals surface area contributed by atoms with E-state index in [1.165, 1.54) is 23.5 Å². The van der Waals surface area contributed by atoms with Crippen molar-refractivity contribution in [2.24, 2.45) is 0 Å². The van der Waals surface area contributed by atoms with Gasteiger partial charge in [-0.1, -0.05) is 11.6 Å². The van der Waals surface area contributed by atoms with Gasteiger partial charge in [-0.2, -0.15) is 5.10 Å². The Bertz CT molecular complexity index is 917. The first-order chi connectivity index (χ1) is 11.9. The van der Waals surface area contributed by atoms with Crippen LogP contribution in [0.3, 0.4) is 0 Å². The molecule has 2 aromatic heterocycles. The number of thiophene rings is 1. The van der Waals surface area contributed by atoms with E-state index >= 15 is 0 Å². The smallest absolute Gasteiger partial charge is 0.257 e. The fourth-order valence-corrected chi connectivity index (χ4v) is 3.86. The lowest BCUT2D eigenvalue weighted by Gasteiger charge is -2.16. The number of carbonyl (C=O) groups excluding carboxylic acids is 1. The molecule has 0 N–H and O–H groups in total. The summed E-state index contributed by atoms with van der Waals surface area (Å²) in [4.78, 5) is 15.5. The van der Waals surface area contributed by atoms with Crippen molar-refractivity contribution in [3.8, 4) is 5.69 Å². The first-order valence-corrected chi connectivity index (χ1v) is 8.88. The summed E-state index contributed by atoms with van der Waals surface area (Å²) < 4.78 is 15.5. The number of benzene rings is 1. The monoisotopic (exact) mass is 377 g/mol. The SMILES string of the molecule is Cc1nn(-c2ccc(F)cc2)c(C)c1C(=O)N(C)Cc1ccc(Cl)s1. The van der Waals surface area contributed by atoms with Crippen molar-refractivity contribution in [1.82, 2.24) is 14.7 Å². The Balaban J connectivity index is 1.89. The van der Waals surface area contributed by atoms with Crippen LogP contribution in [-0.2, 0) is 6.54 Å². The average molecular weight is 378 g/mol. The van der Waals surface area contributed by atoms with Crippen molar-refractivity contribution in [1.29, 1.82) is 0 Å². The van der Waals surface area contributed by atoms with Crippen molar-refractivity contribution in [2.75, 3.05) is 7.05 Å². The molecule has 0 aliphatic heterocycles. The number of hydrogen-bond donors (Lipinski definition) is 0. The molecule has 0 saturated carbocycles. The summed E-state index contributed by atoms with van der Waals surface area (Å²) in [5.41, 5.74) is 2.65. The number of nitrogens with zero attached hydrogens (tertiary/aromatic N) is 3. The van der Waals surface area contributed by atoms with Gasteiger partial charge in [-0.25, -0.2) is 9.07 Å². The second kappa shape index (κ2) is 6.98. The van der Waals surface area contributed by atoms with Gasteiger partial charge in [0.15, 0.2) is 0 Å². The third-order valence-corrected chi connectivity index (χ3v) is 5.16. The maximum atomic E-state index is 13.1. The van der Waals surface area contributed by atoms with Crippen LogP contribution in [0.15, 0.2) is 36.4 Å². The van der Waals surface area contributed by atoms with Crippen molar-refractivity contribution < 1.29 is 9.18 Å². The van der Waals surface area contributed by atoms with Crippen molar-refractivity contribution >= 4 is 28.8 Å². The van der Waals surface area contributed by atoms with Crippen LogP contribution in [0.25, 0.3) is 5.69 Å². The number of rotatable bonds is 4. The molecule has 25 heavy (non-hydrogen) atoms. The maximum Gasteiger partial charge on any atom is 0.257 e. The summed E-state index contributed by atoms with van der Waals surface area (Å²) >= 11 is 7.40. The zero-order valence-electron chi connectivity index (χ0n) is 14.1. The lowest BCUT2D eigenvalue weighted by Crippen LogP contribution is -2.26. The van der Waals surface area contributed by atoms with Crippen LogP contribution in [-0.4, -0.2) is 27.6 Å². The van der Waals surface area contributed by atoms with Crippen molar-refractivity contribution in [3.05, 3.63) is 68.4 Å². The number of hydrogen-bond acceptors (Lipinski definition) is 3. The summed E-state index contributed by atoms with van der Waals surface area (Å²) in [6, 6.07) is 9.77. The molecular formula is C18H17ClFN3OS. The van der Waals surface area contributed by atoms with Gasteiger partial charge < -0.3 is 4.90 Å². The highest BCUT2D eigenvalue weighted by Gasteiger charge is 2.22. The minimum absolute atomic E-state index is 0.104. The van der Waals surface area contributed by atoms with Crippen LogP contribution in [0, 0.1) is 19.7 Å². The highest BCUT2D eigenvalue weighted by molar-refractivity contribution is 7.16. The summed E-state index contributed by atoms with van der Waals surface area (Å²) in [6.07, 6.45) is 0. The molecule has 0 spiro atoms. The molecule has 0 bridgehead atoms. The number of aromatic nitrogens is 2. The number of aryl methyl sites for hydroxylation is 1. The molecule has 0 saturated heterocycles. The third kappa shape index (κ3) is 3.60. The average Bonchev–Trinajstić information content (AvgIpc) is 3.10. The molecule has 1 amide bonds. The van der Waals surface area contributed by atoms with Gasteiger partial charge in [0.05, 0.1) is 33.5 Å². The van der Waals surface area contributed by atoms with E-state index in [-0.39, 0.29) is 11.7 Å². The Labute approximate surface area is 154 Å². The van der Waals surface area contributed by atoms with Gasteiger partial charge in [0.25, 0.3) is 5.91 Å². The van der Waals surface area contributed by atoms with Gasteiger partial charge in [0, 0.05) is 11.9 Å². The van der Waals surface area contributed by atoms with E-state index in [1.807, 2.05) is 19.1 Å². The van der Waals surface area contributed by atoms with Gasteiger partial charge >= 0.3 is 0 Å². The normalized spacial score (nSPS) is 10.9. The summed E-state index contributed by atoms with van der Waals surface area (Å²) in [6.45, 7) is 4.12. The molecule has 0 atom stereocenters. The third-order valence-electron chi connectivity index (χ3n) is 3.94. The van der Waals surface area contributed by atoms with Gasteiger partial charge in [-0.3, -0.25) is 4.79 Å². The van der Waals surface area contributed by atoms with E-state index in [1.54, 1.807) is 35.7 Å². The quantitative estimate of drug-likeness (QED) is 0.665. The topological polar surface area (TPSA) is 38.1 Å². The van der Waals surface area contributed by atoms with E-state index in [9.17, 15) is 9.18 Å². The number of carbonyl (C=O) groups is 1. The van der Waals surface area contributed by atoms with Crippen LogP contribution in [0.2, 0.25) is 4.34 Å². The standard InChI is InChI=1S/C18H17ClFN3OS/c1-11-17(18(24)22(3)10-15-8-9-16(19)25-15)12(2)23(21-11)14-6-4-13(20)5-7-14/h4-9H,10H2,1-3H3. The molecule has 4 nitrogen and oxygen atoms in total. The van der Waals surface area contributed by atoms with E-state index in [0.717, 1.165) is 10.6 Å². The van der Waals surface area contributed by atoms with Gasteiger partial charge in [0.1, 0.15) is 5.82 Å². The van der Waals surface area contributed by atoms with Gasteiger partial charge in [0.2, 0.25) is 0 Å². The minimum atomic E-state index is -0.309. The fraction of sp³-hybridized carbons (Fsp3) is 0.222. The Hall–Kier alpha value is -2.18. The maximum absolute atomic E-state index is 13.1. The minimum Gasteiger partial charge on any atom is -0.336 e. The molecule has 0 fully saturated rings. The highest BCUT2D eigenvalue weighted by Crippen LogP contribution is 2.24. The summed E-state index contributed by atoms with van der Waals surface area (Å²) in [7, 11) is 1.75. The van der Waals surface area contributed by atoms with Gasteiger partial charge in [-0.15, -0.1) is 11.3 Å². The predicted octanol–water partition coefficient (Wildman–Crippen LogP) is 4.62. The van der Waals surface area contributed by atoms with Gasteiger partial charge in [-0.05, 0) is 50.2 Å². The highest BCUT2D eigenvalue weighted by atomic mass is 35.5. The Morgan fingerprint density at radius 1 is 1.24 bits per heavy atom. The lowest BCUT2D eigenvalue weighted by atomic mass is 10.1. The second-order valence-corrected chi connectivity index (χ2v) is 7.60. The zero-order valence-corrected chi connectivity index (χ0v) is 15.7. The Morgan fingerprint density at radius 2 is 1.92 bits per heavy atom. The van der Waals surface area contributed by atoms with E-state index in [2.05, 4.69) is 5.10 Å². The molecule has 0 radical (unpaired) electrons. The summed E-state index contributed by atoms with van der Waals surface area (Å²) in [5, 5.41) is 4.45. The molecular weight excluding hydrogens is 361 g/mol. The molecule has 3 rings (SSSR count). The molecule has 3 aromatic rings. The first-order valence-electron chi connectivity index (χ1n) is 7.68. The zero-order chi connectivity index (χ0) is 18.1. The second-order valence-electron chi connectivity index (χ2n) is 5.80. The van der Waals surface area contributed by atoms with Crippen LogP contribution in [0.5, 0.6) is 0 Å². The lowest BCUT2D eigenvalue weighted by molar-refractivity contribution is 0.0785. The fourth-order valence-electron chi connectivity index (χ4n) is 2.72. The molecule has 1 aromatic carbocycles. The number of halogens is 2. The Kier molecular flexibility index (Phi) is 4.92. The number of amides is 1. The van der Waals surface area contributed by atoms with E-state index in [4.69, 9.17) is 11.6 Å². The Morgan fingerprint density at radius 3 is 2.52 bits per heavy atom. The molecule has 7 heteroatoms. The molecule has 0 aliphatic rings. The predicted molar refractivity (Wildman–Crippen MR) is 98.1 cm³/mol.